The van der Waals surface area contributed by atoms with Gasteiger partial charge in [0.2, 0.25) is 5.91 Å². The number of nitrogens with zero attached hydrogens (tertiary/aromatic N) is 3. The van der Waals surface area contributed by atoms with Gasteiger partial charge in [0.25, 0.3) is 0 Å². The molecule has 6 nitrogen and oxygen atoms in total. The first-order valence-corrected chi connectivity index (χ1v) is 9.45. The third-order valence-electron chi connectivity index (χ3n) is 5.58. The Morgan fingerprint density at radius 3 is 2.52 bits per heavy atom. The van der Waals surface area contributed by atoms with E-state index in [-0.39, 0.29) is 29.7 Å². The number of likely N-dealkylation sites (N-methyl/N-ethyl adjacent to an activating group) is 1. The number of hydrogen-bond donors (Lipinski definition) is 1. The van der Waals surface area contributed by atoms with Gasteiger partial charge < -0.3 is 15.0 Å². The number of hydrogen-bond acceptors (Lipinski definition) is 5. The maximum absolute atomic E-state index is 13.3. The topological polar surface area (TPSA) is 67.4 Å². The minimum absolute atomic E-state index is 0.0166. The smallest absolute Gasteiger partial charge is 0.246 e. The largest absolute Gasteiger partial charge is 0.490 e. The molecular formula is C20H21F3N4O2. The second-order valence-electron chi connectivity index (χ2n) is 7.68. The normalized spacial score (nSPS) is 23.3. The molecule has 0 spiro atoms. The molecule has 4 rings (SSSR count). The van der Waals surface area contributed by atoms with E-state index >= 15 is 0 Å². The first kappa shape index (κ1) is 19.5. The number of carbonyl (C=O) groups excluding carboxylic acids is 1. The van der Waals surface area contributed by atoms with E-state index in [1.54, 1.807) is 0 Å². The maximum atomic E-state index is 13.3. The number of carbonyl (C=O) groups is 1. The van der Waals surface area contributed by atoms with Crippen LogP contribution in [0.3, 0.4) is 0 Å². The van der Waals surface area contributed by atoms with Gasteiger partial charge in [0.1, 0.15) is 23.3 Å². The molecule has 29 heavy (non-hydrogen) atoms. The second-order valence-corrected chi connectivity index (χ2v) is 7.68. The van der Waals surface area contributed by atoms with Crippen molar-refractivity contribution in [3.05, 3.63) is 41.1 Å². The van der Waals surface area contributed by atoms with Crippen LogP contribution in [-0.2, 0) is 11.2 Å². The molecule has 1 saturated carbocycles. The SMILES string of the molecule is Cc1nc(CC2CC(Oc3cc(F)c(F)c(F)c3)C2)nc2c1NC(=O)[C@H](C)N2C. The molecule has 0 unspecified atom stereocenters. The average Bonchev–Trinajstić information content (AvgIpc) is 2.63. The first-order valence-electron chi connectivity index (χ1n) is 9.45. The summed E-state index contributed by atoms with van der Waals surface area (Å²) in [6.07, 6.45) is 1.81. The van der Waals surface area contributed by atoms with Crippen LogP contribution in [-0.4, -0.2) is 35.1 Å². The molecule has 2 heterocycles. The van der Waals surface area contributed by atoms with Crippen LogP contribution in [0.15, 0.2) is 12.1 Å². The zero-order chi connectivity index (χ0) is 20.9. The summed E-state index contributed by atoms with van der Waals surface area (Å²) in [6, 6.07) is 1.39. The Balaban J connectivity index is 1.40. The third kappa shape index (κ3) is 3.61. The van der Waals surface area contributed by atoms with Gasteiger partial charge in [-0.3, -0.25) is 4.79 Å². The van der Waals surface area contributed by atoms with Crippen molar-refractivity contribution in [2.75, 3.05) is 17.3 Å². The highest BCUT2D eigenvalue weighted by Gasteiger charge is 2.34. The van der Waals surface area contributed by atoms with Crippen LogP contribution in [0.2, 0.25) is 0 Å². The van der Waals surface area contributed by atoms with Crippen molar-refractivity contribution in [1.29, 1.82) is 0 Å². The van der Waals surface area contributed by atoms with E-state index in [0.717, 1.165) is 12.1 Å². The summed E-state index contributed by atoms with van der Waals surface area (Å²) in [5, 5.41) is 2.85. The van der Waals surface area contributed by atoms with Gasteiger partial charge in [-0.05, 0) is 32.6 Å². The van der Waals surface area contributed by atoms with E-state index in [4.69, 9.17) is 4.74 Å². The summed E-state index contributed by atoms with van der Waals surface area (Å²) in [5.41, 5.74) is 1.34. The summed E-state index contributed by atoms with van der Waals surface area (Å²) in [5.74, 6) is -2.49. The number of benzene rings is 1. The number of fused-ring (bicyclic) bond motifs is 1. The zero-order valence-corrected chi connectivity index (χ0v) is 16.3. The lowest BCUT2D eigenvalue weighted by Gasteiger charge is -2.36. The number of anilines is 2. The Morgan fingerprint density at radius 2 is 1.86 bits per heavy atom. The lowest BCUT2D eigenvalue weighted by atomic mass is 9.80. The minimum Gasteiger partial charge on any atom is -0.490 e. The lowest BCUT2D eigenvalue weighted by molar-refractivity contribution is -0.117. The molecule has 0 saturated heterocycles. The second kappa shape index (κ2) is 7.20. The monoisotopic (exact) mass is 406 g/mol. The van der Waals surface area contributed by atoms with E-state index in [0.29, 0.717) is 42.3 Å². The molecule has 1 aliphatic heterocycles. The Labute approximate surface area is 166 Å². The molecule has 1 N–H and O–H groups in total. The highest BCUT2D eigenvalue weighted by molar-refractivity contribution is 6.02. The number of ether oxygens (including phenoxy) is 1. The highest BCUT2D eigenvalue weighted by atomic mass is 19.2. The number of halogens is 3. The van der Waals surface area contributed by atoms with Gasteiger partial charge in [0.05, 0.1) is 11.8 Å². The molecular weight excluding hydrogens is 385 g/mol. The minimum atomic E-state index is -1.50. The predicted octanol–water partition coefficient (Wildman–Crippen LogP) is 3.38. The molecule has 0 bridgehead atoms. The van der Waals surface area contributed by atoms with Crippen molar-refractivity contribution >= 4 is 17.4 Å². The quantitative estimate of drug-likeness (QED) is 0.789. The fraction of sp³-hybridized carbons (Fsp3) is 0.450. The molecule has 2 aromatic rings. The maximum Gasteiger partial charge on any atom is 0.246 e. The first-order chi connectivity index (χ1) is 13.7. The van der Waals surface area contributed by atoms with Crippen molar-refractivity contribution in [3.63, 3.8) is 0 Å². The molecule has 154 valence electrons. The Hall–Kier alpha value is -2.84. The Bertz CT molecular complexity index is 955. The van der Waals surface area contributed by atoms with Gasteiger partial charge in [-0.2, -0.15) is 0 Å². The van der Waals surface area contributed by atoms with Crippen molar-refractivity contribution in [2.24, 2.45) is 5.92 Å². The van der Waals surface area contributed by atoms with E-state index in [1.165, 1.54) is 0 Å². The molecule has 0 radical (unpaired) electrons. The van der Waals surface area contributed by atoms with Crippen LogP contribution >= 0.6 is 0 Å². The van der Waals surface area contributed by atoms with Crippen LogP contribution in [0.25, 0.3) is 0 Å². The third-order valence-corrected chi connectivity index (χ3v) is 5.58. The van der Waals surface area contributed by atoms with Crippen LogP contribution in [0.4, 0.5) is 24.7 Å². The summed E-state index contributed by atoms with van der Waals surface area (Å²) in [6.45, 7) is 3.64. The molecule has 1 fully saturated rings. The van der Waals surface area contributed by atoms with Crippen LogP contribution in [0.1, 0.15) is 31.3 Å². The van der Waals surface area contributed by atoms with Crippen LogP contribution in [0, 0.1) is 30.3 Å². The van der Waals surface area contributed by atoms with Crippen molar-refractivity contribution in [1.82, 2.24) is 9.97 Å². The van der Waals surface area contributed by atoms with Gasteiger partial charge in [-0.25, -0.2) is 23.1 Å². The van der Waals surface area contributed by atoms with Crippen LogP contribution in [0.5, 0.6) is 5.75 Å². The molecule has 1 amide bonds. The number of nitrogens with one attached hydrogen (secondary N) is 1. The van der Waals surface area contributed by atoms with Gasteiger partial charge >= 0.3 is 0 Å². The summed E-state index contributed by atoms with van der Waals surface area (Å²) in [7, 11) is 1.83. The predicted molar refractivity (Wildman–Crippen MR) is 100 cm³/mol. The Kier molecular flexibility index (Phi) is 4.84. The summed E-state index contributed by atoms with van der Waals surface area (Å²) in [4.78, 5) is 23.0. The number of rotatable bonds is 4. The number of aryl methyl sites for hydroxylation is 1. The van der Waals surface area contributed by atoms with Gasteiger partial charge in [-0.1, -0.05) is 0 Å². The molecule has 1 aromatic heterocycles. The molecule has 2 aliphatic rings. The molecule has 1 aliphatic carbocycles. The van der Waals surface area contributed by atoms with Crippen molar-refractivity contribution < 1.29 is 22.7 Å². The lowest BCUT2D eigenvalue weighted by Crippen LogP contribution is -2.45. The standard InChI is InChI=1S/C20H21F3N4O2/c1-9-18-19(27(3)10(2)20(28)26-18)25-16(24-9)6-11-4-12(5-11)29-13-7-14(21)17(23)15(22)8-13/h7-8,10-12H,4-6H2,1-3H3,(H,26,28)/t10-,11?,12?/m0/s1. The Morgan fingerprint density at radius 1 is 1.21 bits per heavy atom. The van der Waals surface area contributed by atoms with Gasteiger partial charge in [0.15, 0.2) is 23.3 Å². The molecule has 1 atom stereocenters. The number of amides is 1. The van der Waals surface area contributed by atoms with E-state index in [1.807, 2.05) is 25.8 Å². The fourth-order valence-electron chi connectivity index (χ4n) is 3.68. The van der Waals surface area contributed by atoms with E-state index in [9.17, 15) is 18.0 Å². The summed E-state index contributed by atoms with van der Waals surface area (Å²) < 4.78 is 45.2. The van der Waals surface area contributed by atoms with Gasteiger partial charge in [0, 0.05) is 25.6 Å². The van der Waals surface area contributed by atoms with Crippen molar-refractivity contribution in [2.45, 2.75) is 45.3 Å². The fourth-order valence-corrected chi connectivity index (χ4v) is 3.68. The summed E-state index contributed by atoms with van der Waals surface area (Å²) >= 11 is 0. The van der Waals surface area contributed by atoms with E-state index < -0.39 is 17.5 Å². The van der Waals surface area contributed by atoms with Gasteiger partial charge in [-0.15, -0.1) is 0 Å². The van der Waals surface area contributed by atoms with Crippen LogP contribution < -0.4 is 15.0 Å². The highest BCUT2D eigenvalue weighted by Crippen LogP contribution is 2.36. The molecule has 1 aromatic carbocycles. The average molecular weight is 406 g/mol. The number of aromatic nitrogens is 2. The van der Waals surface area contributed by atoms with Crippen molar-refractivity contribution in [3.8, 4) is 5.75 Å². The molecule has 9 heteroatoms. The van der Waals surface area contributed by atoms with E-state index in [2.05, 4.69) is 15.3 Å². The zero-order valence-electron chi connectivity index (χ0n) is 16.3.